The Morgan fingerprint density at radius 2 is 2.06 bits per heavy atom. The number of nitrogens with two attached hydrogens (primary N) is 1. The summed E-state index contributed by atoms with van der Waals surface area (Å²) in [7, 11) is 0. The molecule has 0 amide bonds. The Hall–Kier alpha value is -2.51. The average Bonchev–Trinajstić information content (AvgIpc) is 2.67. The maximum absolute atomic E-state index is 13.6. The fourth-order valence-corrected chi connectivity index (χ4v) is 1.38. The first-order valence-corrected chi connectivity index (χ1v) is 4.43. The second-order valence-corrected chi connectivity index (χ2v) is 3.24. The summed E-state index contributed by atoms with van der Waals surface area (Å²) >= 11 is 0. The first-order valence-electron chi connectivity index (χ1n) is 4.43. The summed E-state index contributed by atoms with van der Waals surface area (Å²) in [4.78, 5) is 9.39. The zero-order chi connectivity index (χ0) is 12.6. The molecule has 0 saturated heterocycles. The smallest absolute Gasteiger partial charge is 0.307 e. The molecule has 8 heteroatoms. The molecule has 0 aliphatic rings. The molecule has 88 valence electrons. The summed E-state index contributed by atoms with van der Waals surface area (Å²) < 4.78 is 26.9. The van der Waals surface area contributed by atoms with Gasteiger partial charge in [0.25, 0.3) is 0 Å². The lowest BCUT2D eigenvalue weighted by atomic mass is 10.1. The zero-order valence-electron chi connectivity index (χ0n) is 8.28. The van der Waals surface area contributed by atoms with Gasteiger partial charge in [0.15, 0.2) is 0 Å². The molecule has 1 aromatic carbocycles. The summed E-state index contributed by atoms with van der Waals surface area (Å²) in [5.41, 5.74) is 4.54. The van der Waals surface area contributed by atoms with Gasteiger partial charge in [-0.3, -0.25) is 15.2 Å². The van der Waals surface area contributed by atoms with Crippen molar-refractivity contribution >= 4 is 11.4 Å². The third-order valence-corrected chi connectivity index (χ3v) is 2.17. The van der Waals surface area contributed by atoms with E-state index in [0.29, 0.717) is 12.1 Å². The molecular formula is C9H6F2N4O2. The molecular weight excluding hydrogens is 234 g/mol. The predicted octanol–water partition coefficient (Wildman–Crippen LogP) is 1.85. The number of aromatic amines is 1. The van der Waals surface area contributed by atoms with Crippen molar-refractivity contribution in [3.63, 3.8) is 0 Å². The van der Waals surface area contributed by atoms with Crippen LogP contribution in [0.25, 0.3) is 11.3 Å². The molecule has 0 saturated carbocycles. The van der Waals surface area contributed by atoms with Crippen LogP contribution in [0.5, 0.6) is 0 Å². The standard InChI is InChI=1S/C9H6F2N4O2/c10-5-2-8(15(16)17)6(11)1-4(5)9-7(12)3-13-14-9/h1-3H,12H2,(H,13,14). The lowest BCUT2D eigenvalue weighted by molar-refractivity contribution is -0.387. The zero-order valence-corrected chi connectivity index (χ0v) is 8.28. The summed E-state index contributed by atoms with van der Waals surface area (Å²) in [5.74, 6) is -2.09. The number of nitro benzene ring substituents is 1. The number of hydrogen-bond acceptors (Lipinski definition) is 4. The van der Waals surface area contributed by atoms with Crippen LogP contribution in [0.2, 0.25) is 0 Å². The number of rotatable bonds is 2. The van der Waals surface area contributed by atoms with Crippen molar-refractivity contribution in [3.8, 4) is 11.3 Å². The molecule has 3 N–H and O–H groups in total. The van der Waals surface area contributed by atoms with Crippen molar-refractivity contribution < 1.29 is 13.7 Å². The Morgan fingerprint density at radius 1 is 1.35 bits per heavy atom. The van der Waals surface area contributed by atoms with Crippen LogP contribution in [0.4, 0.5) is 20.2 Å². The number of nitrogen functional groups attached to an aromatic ring is 1. The van der Waals surface area contributed by atoms with Gasteiger partial charge in [0, 0.05) is 5.56 Å². The van der Waals surface area contributed by atoms with Crippen LogP contribution >= 0.6 is 0 Å². The lowest BCUT2D eigenvalue weighted by Crippen LogP contribution is -1.97. The molecule has 0 aliphatic carbocycles. The van der Waals surface area contributed by atoms with E-state index in [1.807, 2.05) is 0 Å². The highest BCUT2D eigenvalue weighted by Gasteiger charge is 2.20. The molecule has 0 unspecified atom stereocenters. The Balaban J connectivity index is 2.62. The maximum Gasteiger partial charge on any atom is 0.307 e. The van der Waals surface area contributed by atoms with Gasteiger partial charge in [0.05, 0.1) is 28.6 Å². The molecule has 2 aromatic rings. The van der Waals surface area contributed by atoms with Crippen molar-refractivity contribution in [2.24, 2.45) is 0 Å². The average molecular weight is 240 g/mol. The number of anilines is 1. The molecule has 2 rings (SSSR count). The van der Waals surface area contributed by atoms with Crippen LogP contribution in [-0.4, -0.2) is 15.1 Å². The van der Waals surface area contributed by atoms with Gasteiger partial charge in [-0.25, -0.2) is 4.39 Å². The number of aromatic nitrogens is 2. The summed E-state index contributed by atoms with van der Waals surface area (Å²) in [6, 6.07) is 1.21. The molecule has 0 atom stereocenters. The topological polar surface area (TPSA) is 97.8 Å². The van der Waals surface area contributed by atoms with E-state index in [2.05, 4.69) is 10.2 Å². The Kier molecular flexibility index (Phi) is 2.47. The van der Waals surface area contributed by atoms with E-state index in [-0.39, 0.29) is 16.9 Å². The third kappa shape index (κ3) is 1.80. The number of nitrogens with one attached hydrogen (secondary N) is 1. The minimum absolute atomic E-state index is 0.0799. The normalized spacial score (nSPS) is 10.5. The predicted molar refractivity (Wildman–Crippen MR) is 55.0 cm³/mol. The van der Waals surface area contributed by atoms with Gasteiger partial charge in [0.2, 0.25) is 5.82 Å². The monoisotopic (exact) mass is 240 g/mol. The van der Waals surface area contributed by atoms with Crippen LogP contribution < -0.4 is 5.73 Å². The first-order chi connectivity index (χ1) is 8.00. The van der Waals surface area contributed by atoms with Gasteiger partial charge < -0.3 is 5.73 Å². The van der Waals surface area contributed by atoms with Gasteiger partial charge >= 0.3 is 5.69 Å². The highest BCUT2D eigenvalue weighted by atomic mass is 19.1. The fourth-order valence-electron chi connectivity index (χ4n) is 1.38. The van der Waals surface area contributed by atoms with Gasteiger partial charge in [-0.05, 0) is 6.07 Å². The van der Waals surface area contributed by atoms with Gasteiger partial charge in [-0.15, -0.1) is 0 Å². The van der Waals surface area contributed by atoms with Crippen LogP contribution in [0.3, 0.4) is 0 Å². The molecule has 0 spiro atoms. The van der Waals surface area contributed by atoms with Crippen LogP contribution in [0.15, 0.2) is 18.3 Å². The van der Waals surface area contributed by atoms with Crippen molar-refractivity contribution in [1.29, 1.82) is 0 Å². The van der Waals surface area contributed by atoms with E-state index in [0.717, 1.165) is 0 Å². The van der Waals surface area contributed by atoms with E-state index in [1.165, 1.54) is 6.20 Å². The molecule has 17 heavy (non-hydrogen) atoms. The van der Waals surface area contributed by atoms with Crippen molar-refractivity contribution in [2.75, 3.05) is 5.73 Å². The largest absolute Gasteiger partial charge is 0.396 e. The second-order valence-electron chi connectivity index (χ2n) is 3.24. The third-order valence-electron chi connectivity index (χ3n) is 2.17. The molecule has 1 aromatic heterocycles. The minimum Gasteiger partial charge on any atom is -0.396 e. The molecule has 0 fully saturated rings. The quantitative estimate of drug-likeness (QED) is 0.618. The van der Waals surface area contributed by atoms with Crippen LogP contribution in [0.1, 0.15) is 0 Å². The van der Waals surface area contributed by atoms with E-state index >= 15 is 0 Å². The second kappa shape index (κ2) is 3.81. The molecule has 0 aliphatic heterocycles. The molecule has 0 radical (unpaired) electrons. The number of benzene rings is 1. The van der Waals surface area contributed by atoms with Gasteiger partial charge in [-0.1, -0.05) is 0 Å². The van der Waals surface area contributed by atoms with Crippen molar-refractivity contribution in [1.82, 2.24) is 10.2 Å². The van der Waals surface area contributed by atoms with Gasteiger partial charge in [-0.2, -0.15) is 9.49 Å². The number of nitro groups is 1. The summed E-state index contributed by atoms with van der Waals surface area (Å²) in [6.07, 6.45) is 1.23. The Labute approximate surface area is 93.2 Å². The van der Waals surface area contributed by atoms with E-state index < -0.39 is 22.2 Å². The van der Waals surface area contributed by atoms with Crippen LogP contribution in [-0.2, 0) is 0 Å². The molecule has 0 bridgehead atoms. The molecule has 1 heterocycles. The van der Waals surface area contributed by atoms with Crippen LogP contribution in [0, 0.1) is 21.7 Å². The van der Waals surface area contributed by atoms with E-state index in [4.69, 9.17) is 5.73 Å². The lowest BCUT2D eigenvalue weighted by Gasteiger charge is -2.02. The Bertz CT molecular complexity index is 597. The summed E-state index contributed by atoms with van der Waals surface area (Å²) in [5, 5.41) is 16.3. The maximum atomic E-state index is 13.6. The highest BCUT2D eigenvalue weighted by Crippen LogP contribution is 2.30. The number of hydrogen-bond donors (Lipinski definition) is 2. The molecule has 6 nitrogen and oxygen atoms in total. The van der Waals surface area contributed by atoms with Crippen molar-refractivity contribution in [2.45, 2.75) is 0 Å². The number of halogens is 2. The number of H-pyrrole nitrogens is 1. The minimum atomic E-state index is -1.14. The first kappa shape index (κ1) is 11.0. The SMILES string of the molecule is Nc1cn[nH]c1-c1cc(F)c([N+](=O)[O-])cc1F. The van der Waals surface area contributed by atoms with Gasteiger partial charge in [0.1, 0.15) is 5.82 Å². The summed E-state index contributed by atoms with van der Waals surface area (Å²) in [6.45, 7) is 0. The highest BCUT2D eigenvalue weighted by molar-refractivity contribution is 5.73. The van der Waals surface area contributed by atoms with Crippen molar-refractivity contribution in [3.05, 3.63) is 40.1 Å². The fraction of sp³-hybridized carbons (Fsp3) is 0. The van der Waals surface area contributed by atoms with E-state index in [9.17, 15) is 18.9 Å². The number of nitrogens with zero attached hydrogens (tertiary/aromatic N) is 2. The Morgan fingerprint density at radius 3 is 2.59 bits per heavy atom. The van der Waals surface area contributed by atoms with E-state index in [1.54, 1.807) is 0 Å².